The molecule has 0 atom stereocenters. The third-order valence-electron chi connectivity index (χ3n) is 3.67. The van der Waals surface area contributed by atoms with E-state index in [1.165, 1.54) is 22.0 Å². The zero-order valence-electron chi connectivity index (χ0n) is 12.3. The summed E-state index contributed by atoms with van der Waals surface area (Å²) in [4.78, 5) is 0. The summed E-state index contributed by atoms with van der Waals surface area (Å²) in [5.74, 6) is 1.10. The van der Waals surface area contributed by atoms with Gasteiger partial charge < -0.3 is 4.57 Å². The van der Waals surface area contributed by atoms with Gasteiger partial charge in [0.25, 0.3) is 0 Å². The average Bonchev–Trinajstić information content (AvgIpc) is 2.91. The third-order valence-corrected chi connectivity index (χ3v) is 4.37. The Morgan fingerprint density at radius 1 is 1.00 bits per heavy atom. The van der Waals surface area contributed by atoms with Crippen molar-refractivity contribution >= 4 is 22.9 Å². The molecule has 0 aliphatic carbocycles. The fourth-order valence-corrected chi connectivity index (χ4v) is 3.14. The number of nitrogens with zero attached hydrogens (tertiary/aromatic N) is 1. The van der Waals surface area contributed by atoms with Crippen molar-refractivity contribution in [3.05, 3.63) is 71.9 Å². The number of benzene rings is 2. The van der Waals surface area contributed by atoms with Gasteiger partial charge in [-0.3, -0.25) is 4.72 Å². The summed E-state index contributed by atoms with van der Waals surface area (Å²) >= 11 is 1.76. The Bertz CT molecular complexity index is 704. The highest BCUT2D eigenvalue weighted by Crippen LogP contribution is 2.20. The maximum atomic E-state index is 3.12. The molecule has 3 heteroatoms. The lowest BCUT2D eigenvalue weighted by Crippen LogP contribution is -1.98. The molecule has 0 radical (unpaired) electrons. The molecule has 0 saturated heterocycles. The Hall–Kier alpha value is -1.71. The number of aromatic nitrogens is 1. The predicted molar refractivity (Wildman–Crippen MR) is 92.7 cm³/mol. The molecule has 3 aromatic rings. The van der Waals surface area contributed by atoms with Crippen molar-refractivity contribution in [3.63, 3.8) is 0 Å². The lowest BCUT2D eigenvalue weighted by Gasteiger charge is -2.07. The molecule has 21 heavy (non-hydrogen) atoms. The van der Waals surface area contributed by atoms with Gasteiger partial charge in [-0.15, -0.1) is 0 Å². The molecule has 1 aromatic heterocycles. The number of hydrogen-bond donors (Lipinski definition) is 1. The average molecular weight is 296 g/mol. The van der Waals surface area contributed by atoms with Gasteiger partial charge in [0, 0.05) is 24.0 Å². The first-order chi connectivity index (χ1) is 10.4. The van der Waals surface area contributed by atoms with Crippen LogP contribution in [0.2, 0.25) is 0 Å². The maximum Gasteiger partial charge on any atom is 0.0483 e. The molecule has 0 aliphatic heterocycles. The number of hydrogen-bond acceptors (Lipinski definition) is 2. The van der Waals surface area contributed by atoms with Crippen molar-refractivity contribution in [2.75, 3.05) is 12.8 Å². The van der Waals surface area contributed by atoms with E-state index in [-0.39, 0.29) is 0 Å². The molecule has 0 saturated carbocycles. The van der Waals surface area contributed by atoms with Crippen LogP contribution < -0.4 is 4.72 Å². The first-order valence-corrected chi connectivity index (χ1v) is 8.25. The fraction of sp³-hybridized carbons (Fsp3) is 0.222. The van der Waals surface area contributed by atoms with E-state index in [4.69, 9.17) is 0 Å². The molecule has 0 fully saturated rings. The Morgan fingerprint density at radius 2 is 1.86 bits per heavy atom. The van der Waals surface area contributed by atoms with E-state index in [0.29, 0.717) is 0 Å². The van der Waals surface area contributed by atoms with Gasteiger partial charge in [0.05, 0.1) is 0 Å². The molecule has 3 rings (SSSR count). The van der Waals surface area contributed by atoms with Crippen molar-refractivity contribution < 1.29 is 0 Å². The van der Waals surface area contributed by atoms with Gasteiger partial charge in [-0.05, 0) is 48.2 Å². The van der Waals surface area contributed by atoms with Crippen LogP contribution >= 0.6 is 11.9 Å². The summed E-state index contributed by atoms with van der Waals surface area (Å²) in [6.07, 6.45) is 3.29. The number of fused-ring (bicyclic) bond motifs is 1. The Morgan fingerprint density at radius 3 is 2.67 bits per heavy atom. The summed E-state index contributed by atoms with van der Waals surface area (Å²) in [5, 5.41) is 1.33. The van der Waals surface area contributed by atoms with Crippen molar-refractivity contribution in [3.8, 4) is 0 Å². The van der Waals surface area contributed by atoms with Crippen LogP contribution in [0.3, 0.4) is 0 Å². The monoisotopic (exact) mass is 296 g/mol. The number of rotatable bonds is 6. The second-order valence-electron chi connectivity index (χ2n) is 5.12. The third kappa shape index (κ3) is 3.49. The Labute approximate surface area is 130 Å². The van der Waals surface area contributed by atoms with Gasteiger partial charge in [0.2, 0.25) is 0 Å². The summed E-state index contributed by atoms with van der Waals surface area (Å²) in [6, 6.07) is 19.6. The van der Waals surface area contributed by atoms with Crippen LogP contribution in [0.5, 0.6) is 0 Å². The van der Waals surface area contributed by atoms with Crippen LogP contribution in [0.15, 0.2) is 60.8 Å². The molecule has 1 N–H and O–H groups in total. The second-order valence-corrected chi connectivity index (χ2v) is 6.23. The van der Waals surface area contributed by atoms with Crippen LogP contribution in [0.25, 0.3) is 10.9 Å². The smallest absolute Gasteiger partial charge is 0.0483 e. The zero-order chi connectivity index (χ0) is 14.5. The second kappa shape index (κ2) is 6.83. The van der Waals surface area contributed by atoms with Gasteiger partial charge in [-0.1, -0.05) is 48.3 Å². The maximum absolute atomic E-state index is 3.12. The van der Waals surface area contributed by atoms with E-state index in [9.17, 15) is 0 Å². The highest BCUT2D eigenvalue weighted by Gasteiger charge is 2.03. The van der Waals surface area contributed by atoms with Crippen molar-refractivity contribution in [2.45, 2.75) is 13.0 Å². The lowest BCUT2D eigenvalue weighted by molar-refractivity contribution is 0.837. The van der Waals surface area contributed by atoms with Gasteiger partial charge in [0.1, 0.15) is 0 Å². The summed E-state index contributed by atoms with van der Waals surface area (Å²) in [7, 11) is 1.97. The van der Waals surface area contributed by atoms with Crippen molar-refractivity contribution in [1.82, 2.24) is 9.29 Å². The summed E-state index contributed by atoms with van der Waals surface area (Å²) in [6.45, 7) is 0.930. The molecular weight excluding hydrogens is 276 g/mol. The molecule has 108 valence electrons. The fourth-order valence-electron chi connectivity index (χ4n) is 2.59. The van der Waals surface area contributed by atoms with E-state index >= 15 is 0 Å². The molecule has 1 heterocycles. The molecule has 0 spiro atoms. The quantitative estimate of drug-likeness (QED) is 0.545. The number of nitrogens with one attached hydrogen (secondary N) is 1. The number of aryl methyl sites for hydroxylation is 1. The SMILES string of the molecule is CNSCCc1ccc2c(ccn2Cc2ccccc2)c1. The first-order valence-electron chi connectivity index (χ1n) is 7.27. The van der Waals surface area contributed by atoms with E-state index in [0.717, 1.165) is 18.7 Å². The molecule has 0 unspecified atom stereocenters. The van der Waals surface area contributed by atoms with Crippen LogP contribution in [0, 0.1) is 0 Å². The van der Waals surface area contributed by atoms with E-state index < -0.39 is 0 Å². The van der Waals surface area contributed by atoms with Gasteiger partial charge in [-0.2, -0.15) is 0 Å². The minimum Gasteiger partial charge on any atom is -0.343 e. The minimum atomic E-state index is 0.930. The Kier molecular flexibility index (Phi) is 4.63. The molecule has 2 nitrogen and oxygen atoms in total. The van der Waals surface area contributed by atoms with E-state index in [2.05, 4.69) is 70.1 Å². The highest BCUT2D eigenvalue weighted by molar-refractivity contribution is 7.97. The van der Waals surface area contributed by atoms with Gasteiger partial charge in [-0.25, -0.2) is 0 Å². The summed E-state index contributed by atoms with van der Waals surface area (Å²) < 4.78 is 5.44. The van der Waals surface area contributed by atoms with Crippen LogP contribution in [0.4, 0.5) is 0 Å². The largest absolute Gasteiger partial charge is 0.343 e. The van der Waals surface area contributed by atoms with Gasteiger partial charge >= 0.3 is 0 Å². The van der Waals surface area contributed by atoms with Crippen molar-refractivity contribution in [2.24, 2.45) is 0 Å². The molecule has 0 bridgehead atoms. The van der Waals surface area contributed by atoms with E-state index in [1.54, 1.807) is 11.9 Å². The first kappa shape index (κ1) is 14.2. The molecule has 0 amide bonds. The molecule has 2 aromatic carbocycles. The van der Waals surface area contributed by atoms with Gasteiger partial charge in [0.15, 0.2) is 0 Å². The van der Waals surface area contributed by atoms with Crippen molar-refractivity contribution in [1.29, 1.82) is 0 Å². The molecular formula is C18H20N2S. The minimum absolute atomic E-state index is 0.930. The Balaban J connectivity index is 1.79. The topological polar surface area (TPSA) is 17.0 Å². The molecule has 0 aliphatic rings. The highest BCUT2D eigenvalue weighted by atomic mass is 32.2. The summed E-state index contributed by atoms with van der Waals surface area (Å²) in [5.41, 5.74) is 4.05. The standard InChI is InChI=1S/C18H20N2S/c1-19-21-12-10-15-7-8-18-17(13-15)9-11-20(18)14-16-5-3-2-4-6-16/h2-9,11,13,19H,10,12,14H2,1H3. The predicted octanol–water partition coefficient (Wildman–Crippen LogP) is 4.10. The van der Waals surface area contributed by atoms with Crippen LogP contribution in [-0.2, 0) is 13.0 Å². The van der Waals surface area contributed by atoms with Crippen LogP contribution in [-0.4, -0.2) is 17.4 Å². The normalized spacial score (nSPS) is 11.1. The zero-order valence-corrected chi connectivity index (χ0v) is 13.1. The van der Waals surface area contributed by atoms with E-state index in [1.807, 2.05) is 7.05 Å². The lowest BCUT2D eigenvalue weighted by atomic mass is 10.1. The van der Waals surface area contributed by atoms with Crippen LogP contribution in [0.1, 0.15) is 11.1 Å².